The van der Waals surface area contributed by atoms with Crippen molar-refractivity contribution in [2.75, 3.05) is 21.5 Å². The standard InChI is InChI=1S/C22H20N4O6S/c1-16(27)23-17-6-5-7-18(14-17)24-22(28)15-25(19-10-12-20(13-11-19)26(29)30)33(31,32)21-8-3-2-4-9-21/h2-14H,15H2,1H3,(H,23,27)(H,24,28). The molecule has 0 heterocycles. The van der Waals surface area contributed by atoms with Crippen LogP contribution < -0.4 is 14.9 Å². The molecule has 3 aromatic rings. The number of nitro benzene ring substituents is 1. The number of nitrogens with one attached hydrogen (secondary N) is 2. The van der Waals surface area contributed by atoms with E-state index in [9.17, 15) is 28.1 Å². The molecule has 0 radical (unpaired) electrons. The Hall–Kier alpha value is -4.25. The molecular formula is C22H20N4O6S. The van der Waals surface area contributed by atoms with E-state index in [0.717, 1.165) is 16.4 Å². The summed E-state index contributed by atoms with van der Waals surface area (Å²) in [5, 5.41) is 16.2. The summed E-state index contributed by atoms with van der Waals surface area (Å²) in [4.78, 5) is 34.3. The fraction of sp³-hybridized carbons (Fsp3) is 0.0909. The van der Waals surface area contributed by atoms with Gasteiger partial charge in [-0.25, -0.2) is 8.42 Å². The van der Waals surface area contributed by atoms with Gasteiger partial charge in [-0.3, -0.25) is 24.0 Å². The summed E-state index contributed by atoms with van der Waals surface area (Å²) in [6.07, 6.45) is 0. The molecule has 0 aliphatic rings. The Kier molecular flexibility index (Phi) is 7.04. The average molecular weight is 468 g/mol. The second-order valence-corrected chi connectivity index (χ2v) is 8.77. The van der Waals surface area contributed by atoms with Crippen LogP contribution in [0.5, 0.6) is 0 Å². The number of hydrogen-bond acceptors (Lipinski definition) is 6. The summed E-state index contributed by atoms with van der Waals surface area (Å²) in [5.41, 5.74) is 0.693. The van der Waals surface area contributed by atoms with Crippen molar-refractivity contribution in [2.45, 2.75) is 11.8 Å². The van der Waals surface area contributed by atoms with E-state index in [2.05, 4.69) is 10.6 Å². The Bertz CT molecular complexity index is 1280. The number of carbonyl (C=O) groups excluding carboxylic acids is 2. The second kappa shape index (κ2) is 9.92. The van der Waals surface area contributed by atoms with Gasteiger partial charge in [-0.15, -0.1) is 0 Å². The summed E-state index contributed by atoms with van der Waals surface area (Å²) in [5.74, 6) is -0.926. The number of amides is 2. The molecule has 0 aliphatic heterocycles. The van der Waals surface area contributed by atoms with Crippen LogP contribution in [0, 0.1) is 10.1 Å². The Balaban J connectivity index is 1.90. The Labute approximate surface area is 190 Å². The van der Waals surface area contributed by atoms with E-state index in [1.807, 2.05) is 0 Å². The van der Waals surface area contributed by atoms with Crippen molar-refractivity contribution in [1.29, 1.82) is 0 Å². The fourth-order valence-corrected chi connectivity index (χ4v) is 4.43. The topological polar surface area (TPSA) is 139 Å². The molecule has 0 aliphatic carbocycles. The van der Waals surface area contributed by atoms with Crippen LogP contribution in [0.4, 0.5) is 22.7 Å². The minimum absolute atomic E-state index is 0.0381. The van der Waals surface area contributed by atoms with E-state index in [1.54, 1.807) is 36.4 Å². The smallest absolute Gasteiger partial charge is 0.269 e. The SMILES string of the molecule is CC(=O)Nc1cccc(NC(=O)CN(c2ccc([N+](=O)[O-])cc2)S(=O)(=O)c2ccccc2)c1. The average Bonchev–Trinajstić information content (AvgIpc) is 2.78. The van der Waals surface area contributed by atoms with Crippen LogP contribution in [0.2, 0.25) is 0 Å². The molecule has 0 spiro atoms. The predicted octanol–water partition coefficient (Wildman–Crippen LogP) is 3.39. The highest BCUT2D eigenvalue weighted by molar-refractivity contribution is 7.92. The normalized spacial score (nSPS) is 10.8. The van der Waals surface area contributed by atoms with Crippen molar-refractivity contribution in [3.05, 3.63) is 89.0 Å². The van der Waals surface area contributed by atoms with Gasteiger partial charge in [-0.1, -0.05) is 24.3 Å². The minimum atomic E-state index is -4.15. The van der Waals surface area contributed by atoms with E-state index in [1.165, 1.54) is 37.3 Å². The summed E-state index contributed by atoms with van der Waals surface area (Å²) in [6.45, 7) is 0.765. The lowest BCUT2D eigenvalue weighted by atomic mass is 10.2. The zero-order valence-corrected chi connectivity index (χ0v) is 18.3. The molecule has 3 rings (SSSR count). The van der Waals surface area contributed by atoms with Crippen LogP contribution in [-0.2, 0) is 19.6 Å². The van der Waals surface area contributed by atoms with E-state index in [0.29, 0.717) is 11.4 Å². The van der Waals surface area contributed by atoms with Gasteiger partial charge in [0.25, 0.3) is 15.7 Å². The third-order valence-electron chi connectivity index (χ3n) is 4.43. The van der Waals surface area contributed by atoms with E-state index < -0.39 is 27.4 Å². The maximum atomic E-state index is 13.3. The number of sulfonamides is 1. The Morgan fingerprint density at radius 2 is 1.52 bits per heavy atom. The zero-order chi connectivity index (χ0) is 24.0. The van der Waals surface area contributed by atoms with Crippen molar-refractivity contribution in [3.8, 4) is 0 Å². The van der Waals surface area contributed by atoms with Gasteiger partial charge in [-0.2, -0.15) is 0 Å². The lowest BCUT2D eigenvalue weighted by Crippen LogP contribution is -2.38. The van der Waals surface area contributed by atoms with Crippen LogP contribution >= 0.6 is 0 Å². The molecule has 3 aromatic carbocycles. The first-order valence-corrected chi connectivity index (χ1v) is 11.1. The third-order valence-corrected chi connectivity index (χ3v) is 6.22. The molecule has 0 saturated heterocycles. The van der Waals surface area contributed by atoms with Gasteiger partial charge in [0.2, 0.25) is 11.8 Å². The maximum absolute atomic E-state index is 13.3. The second-order valence-electron chi connectivity index (χ2n) is 6.91. The third kappa shape index (κ3) is 5.92. The number of nitro groups is 1. The molecule has 10 nitrogen and oxygen atoms in total. The van der Waals surface area contributed by atoms with Gasteiger partial charge in [0.05, 0.1) is 15.5 Å². The van der Waals surface area contributed by atoms with Gasteiger partial charge in [0, 0.05) is 30.4 Å². The molecular weight excluding hydrogens is 448 g/mol. The number of anilines is 3. The van der Waals surface area contributed by atoms with Crippen LogP contribution in [0.15, 0.2) is 83.8 Å². The van der Waals surface area contributed by atoms with Gasteiger partial charge >= 0.3 is 0 Å². The summed E-state index contributed by atoms with van der Waals surface area (Å²) in [6, 6.07) is 18.8. The monoisotopic (exact) mass is 468 g/mol. The fourth-order valence-electron chi connectivity index (χ4n) is 2.98. The van der Waals surface area contributed by atoms with Crippen molar-refractivity contribution in [3.63, 3.8) is 0 Å². The number of benzene rings is 3. The van der Waals surface area contributed by atoms with Crippen LogP contribution in [0.3, 0.4) is 0 Å². The van der Waals surface area contributed by atoms with Crippen LogP contribution in [0.25, 0.3) is 0 Å². The number of hydrogen-bond donors (Lipinski definition) is 2. The van der Waals surface area contributed by atoms with E-state index >= 15 is 0 Å². The zero-order valence-electron chi connectivity index (χ0n) is 17.5. The largest absolute Gasteiger partial charge is 0.326 e. The number of carbonyl (C=O) groups is 2. The predicted molar refractivity (Wildman–Crippen MR) is 123 cm³/mol. The van der Waals surface area contributed by atoms with E-state index in [4.69, 9.17) is 0 Å². The first-order chi connectivity index (χ1) is 15.7. The molecule has 2 amide bonds. The molecule has 0 fully saturated rings. The molecule has 0 bridgehead atoms. The minimum Gasteiger partial charge on any atom is -0.326 e. The summed E-state index contributed by atoms with van der Waals surface area (Å²) < 4.78 is 27.4. The highest BCUT2D eigenvalue weighted by Gasteiger charge is 2.27. The highest BCUT2D eigenvalue weighted by atomic mass is 32.2. The van der Waals surface area contributed by atoms with Crippen molar-refractivity contribution in [2.24, 2.45) is 0 Å². The summed E-state index contributed by atoms with van der Waals surface area (Å²) in [7, 11) is -4.15. The highest BCUT2D eigenvalue weighted by Crippen LogP contribution is 2.26. The first-order valence-electron chi connectivity index (χ1n) is 9.66. The van der Waals surface area contributed by atoms with Gasteiger partial charge < -0.3 is 10.6 Å². The Morgan fingerprint density at radius 1 is 0.909 bits per heavy atom. The van der Waals surface area contributed by atoms with Crippen molar-refractivity contribution in [1.82, 2.24) is 0 Å². The molecule has 11 heteroatoms. The van der Waals surface area contributed by atoms with Crippen LogP contribution in [-0.4, -0.2) is 31.7 Å². The quantitative estimate of drug-likeness (QED) is 0.384. The van der Waals surface area contributed by atoms with Gasteiger partial charge in [-0.05, 0) is 42.5 Å². The first kappa shape index (κ1) is 23.4. The van der Waals surface area contributed by atoms with Gasteiger partial charge in [0.1, 0.15) is 6.54 Å². The molecule has 33 heavy (non-hydrogen) atoms. The molecule has 0 atom stereocenters. The molecule has 0 unspecified atom stereocenters. The molecule has 0 aromatic heterocycles. The van der Waals surface area contributed by atoms with Crippen molar-refractivity contribution >= 4 is 44.6 Å². The molecule has 0 saturated carbocycles. The van der Waals surface area contributed by atoms with Crippen molar-refractivity contribution < 1.29 is 22.9 Å². The lowest BCUT2D eigenvalue weighted by Gasteiger charge is -2.24. The van der Waals surface area contributed by atoms with Gasteiger partial charge in [0.15, 0.2) is 0 Å². The van der Waals surface area contributed by atoms with Crippen LogP contribution in [0.1, 0.15) is 6.92 Å². The summed E-state index contributed by atoms with van der Waals surface area (Å²) >= 11 is 0. The number of non-ortho nitro benzene ring substituents is 1. The Morgan fingerprint density at radius 3 is 2.09 bits per heavy atom. The maximum Gasteiger partial charge on any atom is 0.269 e. The molecule has 2 N–H and O–H groups in total. The van der Waals surface area contributed by atoms with E-state index in [-0.39, 0.29) is 22.2 Å². The lowest BCUT2D eigenvalue weighted by molar-refractivity contribution is -0.384. The molecule has 170 valence electrons. The number of nitrogens with zero attached hydrogens (tertiary/aromatic N) is 2. The number of rotatable bonds is 8.